The number of alkyl halides is 1. The Bertz CT molecular complexity index is 659. The minimum atomic E-state index is -1.07. The monoisotopic (exact) mass is 380 g/mol. The van der Waals surface area contributed by atoms with Gasteiger partial charge in [-0.25, -0.2) is 0 Å². The first kappa shape index (κ1) is 17.3. The number of rotatable bonds is 6. The molecule has 0 saturated carbocycles. The largest absolute Gasteiger partial charge is 0.493 e. The third-order valence-electron chi connectivity index (χ3n) is 3.20. The SMILES string of the molecule is COC(=O)C(Br)C(O)c1ccc(Oc2ccccc2)c(OC)c1. The summed E-state index contributed by atoms with van der Waals surface area (Å²) >= 11 is 3.13. The third kappa shape index (κ3) is 4.24. The molecule has 0 aromatic heterocycles. The number of hydrogen-bond donors (Lipinski definition) is 1. The topological polar surface area (TPSA) is 65.0 Å². The van der Waals surface area contributed by atoms with Crippen molar-refractivity contribution < 1.29 is 24.1 Å². The number of esters is 1. The highest BCUT2D eigenvalue weighted by Crippen LogP contribution is 2.35. The molecule has 0 amide bonds. The van der Waals surface area contributed by atoms with Crippen LogP contribution in [0, 0.1) is 0 Å². The van der Waals surface area contributed by atoms with Crippen LogP contribution in [0.3, 0.4) is 0 Å². The lowest BCUT2D eigenvalue weighted by molar-refractivity contribution is -0.141. The first-order valence-corrected chi connectivity index (χ1v) is 7.79. The van der Waals surface area contributed by atoms with E-state index >= 15 is 0 Å². The van der Waals surface area contributed by atoms with Crippen molar-refractivity contribution in [2.45, 2.75) is 10.9 Å². The van der Waals surface area contributed by atoms with Crippen molar-refractivity contribution in [3.63, 3.8) is 0 Å². The molecule has 0 fully saturated rings. The van der Waals surface area contributed by atoms with E-state index in [0.717, 1.165) is 0 Å². The summed E-state index contributed by atoms with van der Waals surface area (Å²) in [6.07, 6.45) is -1.07. The van der Waals surface area contributed by atoms with E-state index in [9.17, 15) is 9.90 Å². The molecule has 0 bridgehead atoms. The number of carbonyl (C=O) groups is 1. The third-order valence-corrected chi connectivity index (χ3v) is 4.08. The van der Waals surface area contributed by atoms with Crippen molar-refractivity contribution in [3.05, 3.63) is 54.1 Å². The molecule has 0 aliphatic heterocycles. The van der Waals surface area contributed by atoms with Crippen LogP contribution in [0.1, 0.15) is 11.7 Å². The number of benzene rings is 2. The molecule has 0 heterocycles. The molecule has 0 spiro atoms. The van der Waals surface area contributed by atoms with Crippen LogP contribution in [-0.2, 0) is 9.53 Å². The highest BCUT2D eigenvalue weighted by Gasteiger charge is 2.27. The number of carbonyl (C=O) groups excluding carboxylic acids is 1. The standard InChI is InChI=1S/C17H17BrO5/c1-21-14-10-11(16(19)15(18)17(20)22-2)8-9-13(14)23-12-6-4-3-5-7-12/h3-10,15-16,19H,1-2H3. The van der Waals surface area contributed by atoms with Crippen molar-refractivity contribution >= 4 is 21.9 Å². The zero-order chi connectivity index (χ0) is 16.8. The summed E-state index contributed by atoms with van der Waals surface area (Å²) in [6, 6.07) is 14.3. The van der Waals surface area contributed by atoms with Crippen molar-refractivity contribution in [3.8, 4) is 17.2 Å². The predicted molar refractivity (Wildman–Crippen MR) is 89.2 cm³/mol. The Morgan fingerprint density at radius 3 is 2.39 bits per heavy atom. The van der Waals surface area contributed by atoms with Gasteiger partial charge in [-0.1, -0.05) is 40.2 Å². The van der Waals surface area contributed by atoms with Gasteiger partial charge in [-0.15, -0.1) is 0 Å². The molecule has 6 heteroatoms. The van der Waals surface area contributed by atoms with Crippen molar-refractivity contribution in [2.75, 3.05) is 14.2 Å². The van der Waals surface area contributed by atoms with Gasteiger partial charge in [-0.05, 0) is 29.8 Å². The van der Waals surface area contributed by atoms with Crippen LogP contribution in [-0.4, -0.2) is 30.1 Å². The Hall–Kier alpha value is -2.05. The van der Waals surface area contributed by atoms with Gasteiger partial charge in [0, 0.05) is 0 Å². The molecular weight excluding hydrogens is 364 g/mol. The van der Waals surface area contributed by atoms with E-state index in [1.54, 1.807) is 18.2 Å². The maximum atomic E-state index is 11.5. The fraction of sp³-hybridized carbons (Fsp3) is 0.235. The van der Waals surface area contributed by atoms with Gasteiger partial charge in [-0.3, -0.25) is 4.79 Å². The summed E-state index contributed by atoms with van der Waals surface area (Å²) in [7, 11) is 2.77. The predicted octanol–water partition coefficient (Wildman–Crippen LogP) is 3.46. The van der Waals surface area contributed by atoms with Gasteiger partial charge in [0.1, 0.15) is 16.7 Å². The lowest BCUT2D eigenvalue weighted by Crippen LogP contribution is -2.23. The summed E-state index contributed by atoms with van der Waals surface area (Å²) in [5.74, 6) is 1.09. The van der Waals surface area contributed by atoms with E-state index in [1.165, 1.54) is 14.2 Å². The zero-order valence-corrected chi connectivity index (χ0v) is 14.3. The van der Waals surface area contributed by atoms with Gasteiger partial charge < -0.3 is 19.3 Å². The van der Waals surface area contributed by atoms with Crippen LogP contribution >= 0.6 is 15.9 Å². The molecule has 2 unspecified atom stereocenters. The molecule has 5 nitrogen and oxygen atoms in total. The van der Waals surface area contributed by atoms with Crippen molar-refractivity contribution in [1.29, 1.82) is 0 Å². The number of methoxy groups -OCH3 is 2. The molecule has 0 aliphatic rings. The Labute approximate surface area is 142 Å². The van der Waals surface area contributed by atoms with Gasteiger partial charge in [-0.2, -0.15) is 0 Å². The van der Waals surface area contributed by atoms with Gasteiger partial charge in [0.2, 0.25) is 0 Å². The summed E-state index contributed by atoms with van der Waals surface area (Å²) in [5, 5.41) is 10.2. The Balaban J connectivity index is 2.24. The van der Waals surface area contributed by atoms with E-state index in [1.807, 2.05) is 30.3 Å². The Morgan fingerprint density at radius 2 is 1.78 bits per heavy atom. The number of aliphatic hydroxyl groups excluding tert-OH is 1. The number of para-hydroxylation sites is 1. The first-order chi connectivity index (χ1) is 11.1. The molecular formula is C17H17BrO5. The first-order valence-electron chi connectivity index (χ1n) is 6.87. The summed E-state index contributed by atoms with van der Waals surface area (Å²) in [6.45, 7) is 0. The van der Waals surface area contributed by atoms with Gasteiger partial charge in [0.25, 0.3) is 0 Å². The fourth-order valence-corrected chi connectivity index (χ4v) is 2.47. The molecule has 2 atom stereocenters. The minimum Gasteiger partial charge on any atom is -0.493 e. The van der Waals surface area contributed by atoms with Crippen LogP contribution in [0.2, 0.25) is 0 Å². The zero-order valence-electron chi connectivity index (χ0n) is 12.7. The number of halogens is 1. The highest BCUT2D eigenvalue weighted by molar-refractivity contribution is 9.10. The van der Waals surface area contributed by atoms with Crippen LogP contribution in [0.15, 0.2) is 48.5 Å². The van der Waals surface area contributed by atoms with E-state index in [2.05, 4.69) is 20.7 Å². The minimum absolute atomic E-state index is 0.454. The highest BCUT2D eigenvalue weighted by atomic mass is 79.9. The van der Waals surface area contributed by atoms with Gasteiger partial charge >= 0.3 is 5.97 Å². The van der Waals surface area contributed by atoms with E-state index in [4.69, 9.17) is 9.47 Å². The van der Waals surface area contributed by atoms with E-state index in [-0.39, 0.29) is 0 Å². The smallest absolute Gasteiger partial charge is 0.322 e. The Kier molecular flexibility index (Phi) is 6.01. The quantitative estimate of drug-likeness (QED) is 0.613. The number of hydrogen-bond acceptors (Lipinski definition) is 5. The molecule has 0 saturated heterocycles. The summed E-state index contributed by atoms with van der Waals surface area (Å²) < 4.78 is 15.7. The Morgan fingerprint density at radius 1 is 1.09 bits per heavy atom. The van der Waals surface area contributed by atoms with Crippen molar-refractivity contribution in [1.82, 2.24) is 0 Å². The van der Waals surface area contributed by atoms with Gasteiger partial charge in [0.15, 0.2) is 11.5 Å². The van der Waals surface area contributed by atoms with Gasteiger partial charge in [0.05, 0.1) is 14.2 Å². The average molecular weight is 381 g/mol. The van der Waals surface area contributed by atoms with Crippen LogP contribution in [0.25, 0.3) is 0 Å². The van der Waals surface area contributed by atoms with E-state index in [0.29, 0.717) is 22.8 Å². The second-order valence-electron chi connectivity index (χ2n) is 4.70. The van der Waals surface area contributed by atoms with Crippen LogP contribution in [0.5, 0.6) is 17.2 Å². The van der Waals surface area contributed by atoms with Crippen molar-refractivity contribution in [2.24, 2.45) is 0 Å². The average Bonchev–Trinajstić information content (AvgIpc) is 2.61. The number of aliphatic hydroxyl groups is 1. The second kappa shape index (κ2) is 7.99. The van der Waals surface area contributed by atoms with Crippen LogP contribution < -0.4 is 9.47 Å². The molecule has 2 rings (SSSR count). The summed E-state index contributed by atoms with van der Waals surface area (Å²) in [4.78, 5) is 10.6. The number of ether oxygens (including phenoxy) is 3. The molecule has 1 N–H and O–H groups in total. The lowest BCUT2D eigenvalue weighted by Gasteiger charge is -2.17. The van der Waals surface area contributed by atoms with Crippen LogP contribution in [0.4, 0.5) is 0 Å². The molecule has 0 radical (unpaired) electrons. The lowest BCUT2D eigenvalue weighted by atomic mass is 10.1. The molecule has 23 heavy (non-hydrogen) atoms. The molecule has 0 aliphatic carbocycles. The maximum absolute atomic E-state index is 11.5. The molecule has 2 aromatic carbocycles. The maximum Gasteiger partial charge on any atom is 0.322 e. The van der Waals surface area contributed by atoms with E-state index < -0.39 is 16.9 Å². The second-order valence-corrected chi connectivity index (χ2v) is 5.68. The summed E-state index contributed by atoms with van der Waals surface area (Å²) in [5.41, 5.74) is 0.509. The molecule has 2 aromatic rings. The normalized spacial score (nSPS) is 13.0. The molecule has 122 valence electrons. The fourth-order valence-electron chi connectivity index (χ4n) is 1.98.